The number of benzene rings is 2. The van der Waals surface area contributed by atoms with E-state index in [0.29, 0.717) is 23.1 Å². The van der Waals surface area contributed by atoms with Crippen LogP contribution in [0.5, 0.6) is 17.2 Å². The molecule has 1 amide bonds. The van der Waals surface area contributed by atoms with Crippen LogP contribution in [0, 0.1) is 0 Å². The van der Waals surface area contributed by atoms with Gasteiger partial charge in [0.2, 0.25) is 6.79 Å². The van der Waals surface area contributed by atoms with E-state index in [1.54, 1.807) is 13.0 Å². The summed E-state index contributed by atoms with van der Waals surface area (Å²) in [6.07, 6.45) is -0.656. The number of carbonyl (C=O) groups is 1. The van der Waals surface area contributed by atoms with Gasteiger partial charge in [-0.2, -0.15) is 0 Å². The van der Waals surface area contributed by atoms with Gasteiger partial charge in [0, 0.05) is 11.0 Å². The predicted molar refractivity (Wildman–Crippen MR) is 104 cm³/mol. The lowest BCUT2D eigenvalue weighted by Crippen LogP contribution is -2.35. The fourth-order valence-corrected chi connectivity index (χ4v) is 3.07. The molecule has 2 aromatic carbocycles. The summed E-state index contributed by atoms with van der Waals surface area (Å²) in [4.78, 5) is 12.3. The molecule has 0 fully saturated rings. The Morgan fingerprint density at radius 3 is 2.76 bits per heavy atom. The highest BCUT2D eigenvalue weighted by Crippen LogP contribution is 2.32. The van der Waals surface area contributed by atoms with Gasteiger partial charge >= 0.3 is 0 Å². The van der Waals surface area contributed by atoms with Crippen molar-refractivity contribution in [3.63, 3.8) is 0 Å². The Morgan fingerprint density at radius 1 is 1.24 bits per heavy atom. The molecule has 1 heterocycles. The van der Waals surface area contributed by atoms with E-state index in [1.807, 2.05) is 30.3 Å². The molecule has 0 radical (unpaired) electrons. The fraction of sp³-hybridized carbons (Fsp3) is 0.278. The highest BCUT2D eigenvalue weighted by atomic mass is 127. The topological polar surface area (TPSA) is 56.8 Å². The van der Waals surface area contributed by atoms with Crippen molar-refractivity contribution in [2.75, 3.05) is 6.79 Å². The third-order valence-electron chi connectivity index (χ3n) is 3.73. The van der Waals surface area contributed by atoms with E-state index in [0.717, 1.165) is 21.3 Å². The number of ether oxygens (including phenoxy) is 3. The standard InChI is InChI=1S/C18H17ClINO4/c1-11(25-15-4-2-12(8-20)6-14(15)19)18(22)21-9-13-3-5-16-17(7-13)24-10-23-16/h2-7,11H,8-10H2,1H3,(H,21,22). The molecule has 25 heavy (non-hydrogen) atoms. The van der Waals surface area contributed by atoms with Crippen LogP contribution in [0.25, 0.3) is 0 Å². The molecule has 3 rings (SSSR count). The molecule has 5 nitrogen and oxygen atoms in total. The van der Waals surface area contributed by atoms with Gasteiger partial charge < -0.3 is 19.5 Å². The zero-order valence-electron chi connectivity index (χ0n) is 13.6. The molecule has 0 aromatic heterocycles. The summed E-state index contributed by atoms with van der Waals surface area (Å²) < 4.78 is 17.1. The van der Waals surface area contributed by atoms with E-state index >= 15 is 0 Å². The van der Waals surface area contributed by atoms with Gasteiger partial charge in [-0.15, -0.1) is 0 Å². The molecule has 1 unspecified atom stereocenters. The van der Waals surface area contributed by atoms with Crippen molar-refractivity contribution < 1.29 is 19.0 Å². The molecule has 0 saturated heterocycles. The Bertz CT molecular complexity index is 784. The Kier molecular flexibility index (Phi) is 5.90. The molecule has 132 valence electrons. The molecule has 0 aliphatic carbocycles. The highest BCUT2D eigenvalue weighted by molar-refractivity contribution is 14.1. The van der Waals surface area contributed by atoms with E-state index in [1.165, 1.54) is 0 Å². The lowest BCUT2D eigenvalue weighted by molar-refractivity contribution is -0.127. The highest BCUT2D eigenvalue weighted by Gasteiger charge is 2.17. The zero-order valence-corrected chi connectivity index (χ0v) is 16.5. The van der Waals surface area contributed by atoms with Gasteiger partial charge in [-0.1, -0.05) is 46.3 Å². The maximum absolute atomic E-state index is 12.3. The quantitative estimate of drug-likeness (QED) is 0.507. The lowest BCUT2D eigenvalue weighted by Gasteiger charge is -2.16. The lowest BCUT2D eigenvalue weighted by atomic mass is 10.2. The van der Waals surface area contributed by atoms with Crippen molar-refractivity contribution >= 4 is 40.1 Å². The smallest absolute Gasteiger partial charge is 0.261 e. The van der Waals surface area contributed by atoms with E-state index in [4.69, 9.17) is 25.8 Å². The largest absolute Gasteiger partial charge is 0.479 e. The van der Waals surface area contributed by atoms with Crippen LogP contribution in [-0.4, -0.2) is 18.8 Å². The Morgan fingerprint density at radius 2 is 2.00 bits per heavy atom. The number of hydrogen-bond donors (Lipinski definition) is 1. The third-order valence-corrected chi connectivity index (χ3v) is 4.90. The second kappa shape index (κ2) is 8.14. The van der Waals surface area contributed by atoms with Crippen LogP contribution in [0.4, 0.5) is 0 Å². The number of amides is 1. The van der Waals surface area contributed by atoms with Crippen LogP contribution < -0.4 is 19.5 Å². The van der Waals surface area contributed by atoms with Gasteiger partial charge in [0.25, 0.3) is 5.91 Å². The molecule has 1 aliphatic heterocycles. The van der Waals surface area contributed by atoms with Crippen LogP contribution in [0.1, 0.15) is 18.1 Å². The maximum Gasteiger partial charge on any atom is 0.261 e. The summed E-state index contributed by atoms with van der Waals surface area (Å²) >= 11 is 8.46. The van der Waals surface area contributed by atoms with Crippen molar-refractivity contribution in [3.05, 3.63) is 52.5 Å². The Hall–Kier alpha value is -1.67. The zero-order chi connectivity index (χ0) is 17.8. The van der Waals surface area contributed by atoms with Gasteiger partial charge in [-0.05, 0) is 42.3 Å². The fourth-order valence-electron chi connectivity index (χ4n) is 2.35. The molecule has 1 N–H and O–H groups in total. The van der Waals surface area contributed by atoms with Gasteiger partial charge in [-0.3, -0.25) is 4.79 Å². The number of halogens is 2. The van der Waals surface area contributed by atoms with E-state index < -0.39 is 6.10 Å². The average molecular weight is 474 g/mol. The minimum atomic E-state index is -0.656. The summed E-state index contributed by atoms with van der Waals surface area (Å²) in [5.74, 6) is 1.70. The van der Waals surface area contributed by atoms with Crippen LogP contribution in [0.15, 0.2) is 36.4 Å². The molecular weight excluding hydrogens is 457 g/mol. The predicted octanol–water partition coefficient (Wildman–Crippen LogP) is 4.09. The maximum atomic E-state index is 12.3. The first-order valence-corrected chi connectivity index (χ1v) is 9.64. The van der Waals surface area contributed by atoms with Crippen molar-refractivity contribution in [2.24, 2.45) is 0 Å². The third kappa shape index (κ3) is 4.49. The number of carbonyl (C=O) groups excluding carboxylic acids is 1. The number of alkyl halides is 1. The monoisotopic (exact) mass is 473 g/mol. The van der Waals surface area contributed by atoms with Crippen molar-refractivity contribution in [1.82, 2.24) is 5.32 Å². The normalized spacial score (nSPS) is 13.4. The molecule has 0 bridgehead atoms. The molecule has 0 spiro atoms. The number of rotatable bonds is 6. The number of nitrogens with one attached hydrogen (secondary N) is 1. The summed E-state index contributed by atoms with van der Waals surface area (Å²) in [6.45, 7) is 2.30. The van der Waals surface area contributed by atoms with Crippen LogP contribution >= 0.6 is 34.2 Å². The van der Waals surface area contributed by atoms with Crippen molar-refractivity contribution in [3.8, 4) is 17.2 Å². The first kappa shape index (κ1) is 18.1. The summed E-state index contributed by atoms with van der Waals surface area (Å²) in [7, 11) is 0. The van der Waals surface area contributed by atoms with Crippen LogP contribution in [-0.2, 0) is 15.8 Å². The van der Waals surface area contributed by atoms with Gasteiger partial charge in [-0.25, -0.2) is 0 Å². The minimum absolute atomic E-state index is 0.216. The van der Waals surface area contributed by atoms with Crippen molar-refractivity contribution in [1.29, 1.82) is 0 Å². The Labute approximate surface area is 164 Å². The second-order valence-corrected chi connectivity index (χ2v) is 6.73. The average Bonchev–Trinajstić information content (AvgIpc) is 3.08. The van der Waals surface area contributed by atoms with Gasteiger partial charge in [0.1, 0.15) is 5.75 Å². The van der Waals surface area contributed by atoms with E-state index in [-0.39, 0.29) is 12.7 Å². The Balaban J connectivity index is 1.56. The first-order chi connectivity index (χ1) is 12.1. The van der Waals surface area contributed by atoms with Gasteiger partial charge in [0.05, 0.1) is 5.02 Å². The van der Waals surface area contributed by atoms with E-state index in [2.05, 4.69) is 27.9 Å². The first-order valence-electron chi connectivity index (χ1n) is 7.74. The van der Waals surface area contributed by atoms with Gasteiger partial charge in [0.15, 0.2) is 17.6 Å². The summed E-state index contributed by atoms with van der Waals surface area (Å²) in [5, 5.41) is 3.35. The van der Waals surface area contributed by atoms with Crippen LogP contribution in [0.2, 0.25) is 5.02 Å². The molecule has 7 heteroatoms. The van der Waals surface area contributed by atoms with Crippen LogP contribution in [0.3, 0.4) is 0 Å². The summed E-state index contributed by atoms with van der Waals surface area (Å²) in [6, 6.07) is 11.1. The number of fused-ring (bicyclic) bond motifs is 1. The van der Waals surface area contributed by atoms with Crippen molar-refractivity contribution in [2.45, 2.75) is 24.0 Å². The number of hydrogen-bond acceptors (Lipinski definition) is 4. The molecule has 1 aliphatic rings. The SMILES string of the molecule is CC(Oc1ccc(CI)cc1Cl)C(=O)NCc1ccc2c(c1)OCO2. The molecule has 1 atom stereocenters. The molecule has 0 saturated carbocycles. The molecular formula is C18H17ClINO4. The molecule has 2 aromatic rings. The summed E-state index contributed by atoms with van der Waals surface area (Å²) in [5.41, 5.74) is 2.03. The second-order valence-electron chi connectivity index (χ2n) is 5.56. The minimum Gasteiger partial charge on any atom is -0.479 e. The van der Waals surface area contributed by atoms with E-state index in [9.17, 15) is 4.79 Å².